The first-order chi connectivity index (χ1) is 16.1. The molecule has 3 aliphatic rings. The second kappa shape index (κ2) is 9.52. The number of hydrogen-bond donors (Lipinski definition) is 1. The molecule has 0 fully saturated rings. The molecule has 9 heteroatoms. The Morgan fingerprint density at radius 2 is 2.03 bits per heavy atom. The lowest BCUT2D eigenvalue weighted by Gasteiger charge is -2.18. The van der Waals surface area contributed by atoms with Gasteiger partial charge in [-0.15, -0.1) is 16.4 Å². The molecule has 0 aliphatic carbocycles. The summed E-state index contributed by atoms with van der Waals surface area (Å²) < 4.78 is 3.57. The molecular weight excluding hydrogens is 454 g/mol. The first-order valence-corrected chi connectivity index (χ1v) is 13.0. The molecule has 33 heavy (non-hydrogen) atoms. The van der Waals surface area contributed by atoms with Crippen LogP contribution in [0.3, 0.4) is 0 Å². The number of carbonyl (C=O) groups is 1. The lowest BCUT2D eigenvalue weighted by molar-refractivity contribution is -0.119. The lowest BCUT2D eigenvalue weighted by atomic mass is 10.1. The zero-order valence-electron chi connectivity index (χ0n) is 18.4. The van der Waals surface area contributed by atoms with Gasteiger partial charge in [-0.1, -0.05) is 42.4 Å². The van der Waals surface area contributed by atoms with E-state index < -0.39 is 0 Å². The fourth-order valence-electron chi connectivity index (χ4n) is 4.23. The highest BCUT2D eigenvalue weighted by Gasteiger charge is 2.27. The molecule has 1 N–H and O–H groups in total. The number of nitrogens with zero attached hydrogens (tertiary/aromatic N) is 4. The minimum Gasteiger partial charge on any atom is -0.348 e. The highest BCUT2D eigenvalue weighted by molar-refractivity contribution is 7.99. The van der Waals surface area contributed by atoms with Crippen molar-refractivity contribution in [2.24, 2.45) is 0 Å². The molecule has 1 amide bonds. The topological polar surface area (TPSA) is 81.8 Å². The Bertz CT molecular complexity index is 1280. The zero-order valence-corrected chi connectivity index (χ0v) is 20.0. The number of hydrogen-bond acceptors (Lipinski definition) is 6. The third-order valence-corrected chi connectivity index (χ3v) is 7.88. The van der Waals surface area contributed by atoms with Crippen molar-refractivity contribution in [1.29, 1.82) is 0 Å². The maximum atomic E-state index is 13.3. The van der Waals surface area contributed by atoms with Crippen LogP contribution in [0.25, 0.3) is 17.1 Å². The third-order valence-electron chi connectivity index (χ3n) is 5.85. The summed E-state index contributed by atoms with van der Waals surface area (Å²) in [4.78, 5) is 31.8. The van der Waals surface area contributed by atoms with Gasteiger partial charge in [-0.05, 0) is 49.8 Å². The minimum atomic E-state index is -0.131. The summed E-state index contributed by atoms with van der Waals surface area (Å²) in [5.41, 5.74) is 2.18. The molecular formula is C24H25N5O2S2. The van der Waals surface area contributed by atoms with E-state index in [1.807, 2.05) is 54.8 Å². The number of fused-ring (bicyclic) bond motifs is 3. The number of para-hydroxylation sites is 1. The van der Waals surface area contributed by atoms with Crippen LogP contribution in [-0.4, -0.2) is 31.0 Å². The predicted octanol–water partition coefficient (Wildman–Crippen LogP) is 4.29. The van der Waals surface area contributed by atoms with Crippen molar-refractivity contribution in [2.75, 3.05) is 5.75 Å². The Balaban J connectivity index is 1.46. The minimum absolute atomic E-state index is 0.0251. The van der Waals surface area contributed by atoms with E-state index in [1.54, 1.807) is 11.3 Å². The summed E-state index contributed by atoms with van der Waals surface area (Å²) in [6, 6.07) is 13.4. The Kier molecular flexibility index (Phi) is 6.32. The molecule has 0 saturated heterocycles. The van der Waals surface area contributed by atoms with E-state index in [2.05, 4.69) is 15.0 Å². The Morgan fingerprint density at radius 3 is 2.82 bits per heavy atom. The van der Waals surface area contributed by atoms with E-state index in [9.17, 15) is 9.59 Å². The van der Waals surface area contributed by atoms with Crippen molar-refractivity contribution >= 4 is 29.0 Å². The van der Waals surface area contributed by atoms with Crippen molar-refractivity contribution in [2.45, 2.75) is 50.4 Å². The van der Waals surface area contributed by atoms with Gasteiger partial charge in [0.2, 0.25) is 5.91 Å². The summed E-state index contributed by atoms with van der Waals surface area (Å²) in [7, 11) is 0. The van der Waals surface area contributed by atoms with E-state index in [0.717, 1.165) is 53.6 Å². The average Bonchev–Trinajstić information content (AvgIpc) is 3.40. The van der Waals surface area contributed by atoms with E-state index >= 15 is 0 Å². The molecule has 3 aliphatic heterocycles. The largest absolute Gasteiger partial charge is 0.348 e. The number of nitrogens with one attached hydrogen (secondary N) is 1. The third kappa shape index (κ3) is 4.47. The highest BCUT2D eigenvalue weighted by atomic mass is 32.2. The molecule has 1 atom stereocenters. The standard InChI is InChI=1S/C24H25N5O2S2/c1-16(19-12-8-14-32-19)25-20(30)15-33-24-26-22-21(18-11-6-3-7-13-28(18)24)23(31)29(27-22)17-9-4-2-5-10-17/h2,4-5,8-10,12,14,16H,3,6-7,11,13,15H2,1H3,(H,25,30)/t16-/m0/s1. The molecule has 7 nitrogen and oxygen atoms in total. The quantitative estimate of drug-likeness (QED) is 0.330. The Morgan fingerprint density at radius 1 is 1.18 bits per heavy atom. The molecule has 5 rings (SSSR count). The molecule has 0 saturated carbocycles. The van der Waals surface area contributed by atoms with E-state index in [4.69, 9.17) is 4.98 Å². The fourth-order valence-corrected chi connectivity index (χ4v) is 5.82. The number of benzene rings is 1. The SMILES string of the molecule is C[C@H](NC(=O)CSc1nc2nn(-c3ccccc3)c(=O)c-2c2n1CCCCC2)c1cccs1. The molecule has 1 aromatic heterocycles. The number of amides is 1. The van der Waals surface area contributed by atoms with E-state index in [1.165, 1.54) is 16.4 Å². The van der Waals surface area contributed by atoms with E-state index in [-0.39, 0.29) is 23.3 Å². The number of thioether (sulfide) groups is 1. The van der Waals surface area contributed by atoms with Gasteiger partial charge in [0.1, 0.15) is 5.56 Å². The van der Waals surface area contributed by atoms with Crippen LogP contribution in [0.4, 0.5) is 0 Å². The van der Waals surface area contributed by atoms with Crippen molar-refractivity contribution < 1.29 is 4.79 Å². The summed E-state index contributed by atoms with van der Waals surface area (Å²) in [6.45, 7) is 2.79. The monoisotopic (exact) mass is 479 g/mol. The maximum Gasteiger partial charge on any atom is 0.284 e. The first-order valence-electron chi connectivity index (χ1n) is 11.2. The number of thiophene rings is 1. The summed E-state index contributed by atoms with van der Waals surface area (Å²) >= 11 is 3.04. The van der Waals surface area contributed by atoms with Crippen LogP contribution in [0.1, 0.15) is 42.8 Å². The number of rotatable bonds is 6. The number of aromatic nitrogens is 4. The maximum absolute atomic E-state index is 13.3. The van der Waals surface area contributed by atoms with Crippen LogP contribution in [0.5, 0.6) is 0 Å². The second-order valence-corrected chi connectivity index (χ2v) is 10.1. The average molecular weight is 480 g/mol. The summed E-state index contributed by atoms with van der Waals surface area (Å²) in [5, 5.41) is 10.4. The van der Waals surface area contributed by atoms with Gasteiger partial charge in [-0.2, -0.15) is 4.68 Å². The van der Waals surface area contributed by atoms with Crippen LogP contribution >= 0.6 is 23.1 Å². The smallest absolute Gasteiger partial charge is 0.284 e. The molecule has 1 aromatic carbocycles. The summed E-state index contributed by atoms with van der Waals surface area (Å²) in [5.74, 6) is 0.675. The Labute approximate surface area is 200 Å². The molecule has 0 bridgehead atoms. The Hall–Kier alpha value is -2.91. The van der Waals surface area contributed by atoms with Gasteiger partial charge in [-0.25, -0.2) is 4.98 Å². The number of carbonyl (C=O) groups excluding carboxylic acids is 1. The highest BCUT2D eigenvalue weighted by Crippen LogP contribution is 2.30. The predicted molar refractivity (Wildman–Crippen MR) is 131 cm³/mol. The van der Waals surface area contributed by atoms with Crippen molar-refractivity contribution in [3.8, 4) is 17.1 Å². The van der Waals surface area contributed by atoms with E-state index in [0.29, 0.717) is 11.4 Å². The van der Waals surface area contributed by atoms with Gasteiger partial charge in [0, 0.05) is 17.1 Å². The fraction of sp³-hybridized carbons (Fsp3) is 0.333. The molecule has 170 valence electrons. The van der Waals surface area contributed by atoms with Gasteiger partial charge >= 0.3 is 0 Å². The molecule has 0 spiro atoms. The second-order valence-electron chi connectivity index (χ2n) is 8.15. The van der Waals surface area contributed by atoms with Crippen LogP contribution in [0.2, 0.25) is 0 Å². The zero-order chi connectivity index (χ0) is 22.8. The molecule has 0 radical (unpaired) electrons. The van der Waals surface area contributed by atoms with Gasteiger partial charge in [0.15, 0.2) is 11.0 Å². The van der Waals surface area contributed by atoms with Gasteiger partial charge in [0.05, 0.1) is 17.5 Å². The van der Waals surface area contributed by atoms with Gasteiger partial charge < -0.3 is 9.88 Å². The normalized spacial score (nSPS) is 14.6. The van der Waals surface area contributed by atoms with Crippen molar-refractivity contribution in [1.82, 2.24) is 24.6 Å². The van der Waals surface area contributed by atoms with Crippen LogP contribution in [0.15, 0.2) is 57.8 Å². The first kappa shape index (κ1) is 21.9. The molecule has 2 aromatic rings. The molecule has 4 heterocycles. The van der Waals surface area contributed by atoms with Crippen molar-refractivity contribution in [3.05, 3.63) is 68.8 Å². The lowest BCUT2D eigenvalue weighted by Crippen LogP contribution is -2.28. The van der Waals surface area contributed by atoms with Gasteiger partial charge in [0.25, 0.3) is 5.56 Å². The van der Waals surface area contributed by atoms with Crippen LogP contribution < -0.4 is 10.9 Å². The molecule has 0 unspecified atom stereocenters. The van der Waals surface area contributed by atoms with Crippen molar-refractivity contribution in [3.63, 3.8) is 0 Å². The summed E-state index contributed by atoms with van der Waals surface area (Å²) in [6.07, 6.45) is 3.97. The van der Waals surface area contributed by atoms with Crippen LogP contribution in [0, 0.1) is 0 Å². The van der Waals surface area contributed by atoms with Crippen LogP contribution in [-0.2, 0) is 17.8 Å². The van der Waals surface area contributed by atoms with Gasteiger partial charge in [-0.3, -0.25) is 9.59 Å².